The lowest BCUT2D eigenvalue weighted by molar-refractivity contribution is -0.139. The fraction of sp³-hybridized carbons (Fsp3) is 0.333. The molecule has 3 aromatic rings. The van der Waals surface area contributed by atoms with Crippen molar-refractivity contribution in [1.82, 2.24) is 20.2 Å². The number of ether oxygens (including phenoxy) is 1. The molecule has 2 aromatic heterocycles. The molecule has 0 spiro atoms. The Kier molecular flexibility index (Phi) is 5.91. The van der Waals surface area contributed by atoms with E-state index in [1.165, 1.54) is 25.7 Å². The summed E-state index contributed by atoms with van der Waals surface area (Å²) in [6.07, 6.45) is -2.35. The number of hydrogen-bond acceptors (Lipinski definition) is 6. The van der Waals surface area contributed by atoms with Gasteiger partial charge in [-0.05, 0) is 25.0 Å². The SMILES string of the molecule is COC(c1ccc(C)cc1C(F)(F)F)c1ncnc2c1CCN(c1cn[nH]c(=O)c1Cl)C2. The van der Waals surface area contributed by atoms with Gasteiger partial charge in [-0.15, -0.1) is 0 Å². The van der Waals surface area contributed by atoms with Crippen LogP contribution in [0.15, 0.2) is 35.5 Å². The van der Waals surface area contributed by atoms with Gasteiger partial charge in [-0.25, -0.2) is 15.1 Å². The first-order chi connectivity index (χ1) is 15.2. The monoisotopic (exact) mass is 465 g/mol. The molecule has 0 fully saturated rings. The fourth-order valence-electron chi connectivity index (χ4n) is 3.94. The number of anilines is 1. The molecule has 1 atom stereocenters. The van der Waals surface area contributed by atoms with Gasteiger partial charge in [0.15, 0.2) is 0 Å². The van der Waals surface area contributed by atoms with E-state index in [-0.39, 0.29) is 10.6 Å². The van der Waals surface area contributed by atoms with Crippen molar-refractivity contribution in [2.45, 2.75) is 32.2 Å². The van der Waals surface area contributed by atoms with E-state index in [2.05, 4.69) is 20.2 Å². The van der Waals surface area contributed by atoms with Crippen molar-refractivity contribution < 1.29 is 17.9 Å². The summed E-state index contributed by atoms with van der Waals surface area (Å²) in [5, 5.41) is 6.08. The molecule has 11 heteroatoms. The number of H-pyrrole nitrogens is 1. The molecule has 0 saturated heterocycles. The Labute approximate surface area is 186 Å². The van der Waals surface area contributed by atoms with Crippen molar-refractivity contribution in [3.63, 3.8) is 0 Å². The highest BCUT2D eigenvalue weighted by Crippen LogP contribution is 2.39. The summed E-state index contributed by atoms with van der Waals surface area (Å²) in [6, 6.07) is 4.16. The van der Waals surface area contributed by atoms with Crippen LogP contribution < -0.4 is 10.5 Å². The van der Waals surface area contributed by atoms with Crippen LogP contribution in [0.5, 0.6) is 0 Å². The lowest BCUT2D eigenvalue weighted by Gasteiger charge is -2.32. The molecule has 0 saturated carbocycles. The molecule has 32 heavy (non-hydrogen) atoms. The molecule has 1 aliphatic heterocycles. The molecule has 1 unspecified atom stereocenters. The molecule has 3 heterocycles. The smallest absolute Gasteiger partial charge is 0.370 e. The van der Waals surface area contributed by atoms with Crippen LogP contribution >= 0.6 is 11.6 Å². The third-order valence-corrected chi connectivity index (χ3v) is 5.80. The minimum absolute atomic E-state index is 0.00392. The van der Waals surface area contributed by atoms with Gasteiger partial charge >= 0.3 is 6.18 Å². The maximum absolute atomic E-state index is 13.7. The molecule has 0 aliphatic carbocycles. The van der Waals surface area contributed by atoms with Crippen molar-refractivity contribution in [1.29, 1.82) is 0 Å². The van der Waals surface area contributed by atoms with Gasteiger partial charge < -0.3 is 9.64 Å². The van der Waals surface area contributed by atoms with Crippen LogP contribution in [-0.2, 0) is 23.9 Å². The van der Waals surface area contributed by atoms with E-state index in [9.17, 15) is 18.0 Å². The Bertz CT molecular complexity index is 1210. The molecule has 0 bridgehead atoms. The third kappa shape index (κ3) is 4.07. The van der Waals surface area contributed by atoms with Gasteiger partial charge in [0, 0.05) is 19.2 Å². The van der Waals surface area contributed by atoms with Crippen LogP contribution in [0.25, 0.3) is 0 Å². The molecule has 1 aliphatic rings. The number of hydrogen-bond donors (Lipinski definition) is 1. The van der Waals surface area contributed by atoms with E-state index in [1.807, 2.05) is 4.90 Å². The summed E-state index contributed by atoms with van der Waals surface area (Å²) in [5.74, 6) is 0. The number of aromatic amines is 1. The van der Waals surface area contributed by atoms with Crippen molar-refractivity contribution in [2.24, 2.45) is 0 Å². The molecule has 168 valence electrons. The van der Waals surface area contributed by atoms with Gasteiger partial charge in [-0.1, -0.05) is 29.3 Å². The number of aryl methyl sites for hydroxylation is 1. The second-order valence-electron chi connectivity index (χ2n) is 7.46. The minimum atomic E-state index is -4.54. The topological polar surface area (TPSA) is 84.0 Å². The van der Waals surface area contributed by atoms with Crippen LogP contribution in [-0.4, -0.2) is 33.8 Å². The highest BCUT2D eigenvalue weighted by atomic mass is 35.5. The van der Waals surface area contributed by atoms with Crippen molar-refractivity contribution >= 4 is 17.3 Å². The number of aromatic nitrogens is 4. The minimum Gasteiger partial charge on any atom is -0.370 e. The van der Waals surface area contributed by atoms with Crippen molar-refractivity contribution in [3.05, 3.63) is 79.7 Å². The number of halogens is 4. The summed E-state index contributed by atoms with van der Waals surface area (Å²) in [7, 11) is 1.36. The average molecular weight is 466 g/mol. The Morgan fingerprint density at radius 2 is 2.06 bits per heavy atom. The van der Waals surface area contributed by atoms with Crippen LogP contribution in [0.3, 0.4) is 0 Å². The Balaban J connectivity index is 1.75. The van der Waals surface area contributed by atoms with Gasteiger partial charge in [-0.3, -0.25) is 4.79 Å². The largest absolute Gasteiger partial charge is 0.416 e. The van der Waals surface area contributed by atoms with Crippen LogP contribution in [0, 0.1) is 6.92 Å². The number of benzene rings is 1. The van der Waals surface area contributed by atoms with E-state index in [0.29, 0.717) is 42.1 Å². The lowest BCUT2D eigenvalue weighted by Crippen LogP contribution is -2.34. The predicted molar refractivity (Wildman–Crippen MR) is 112 cm³/mol. The maximum Gasteiger partial charge on any atom is 0.416 e. The lowest BCUT2D eigenvalue weighted by atomic mass is 9.92. The first-order valence-corrected chi connectivity index (χ1v) is 10.1. The maximum atomic E-state index is 13.7. The van der Waals surface area contributed by atoms with E-state index < -0.39 is 23.4 Å². The normalized spacial score (nSPS) is 14.9. The number of methoxy groups -OCH3 is 1. The zero-order valence-electron chi connectivity index (χ0n) is 17.2. The van der Waals surface area contributed by atoms with Gasteiger partial charge in [0.05, 0.1) is 35.4 Å². The number of fused-ring (bicyclic) bond motifs is 1. The quantitative estimate of drug-likeness (QED) is 0.630. The molecule has 7 nitrogen and oxygen atoms in total. The Morgan fingerprint density at radius 1 is 1.28 bits per heavy atom. The second kappa shape index (κ2) is 8.51. The summed E-state index contributed by atoms with van der Waals surface area (Å²) in [6.45, 7) is 2.36. The molecular formula is C21H19ClF3N5O2. The van der Waals surface area contributed by atoms with Gasteiger partial charge in [0.25, 0.3) is 5.56 Å². The predicted octanol–water partition coefficient (Wildman–Crippen LogP) is 3.84. The zero-order chi connectivity index (χ0) is 23.0. The highest BCUT2D eigenvalue weighted by Gasteiger charge is 2.37. The second-order valence-corrected chi connectivity index (χ2v) is 7.84. The number of nitrogens with zero attached hydrogens (tertiary/aromatic N) is 4. The van der Waals surface area contributed by atoms with Crippen molar-refractivity contribution in [2.75, 3.05) is 18.6 Å². The summed E-state index contributed by atoms with van der Waals surface area (Å²) in [4.78, 5) is 22.3. The standard InChI is InChI=1S/C21H19ClF3N5O2/c1-11-3-4-12(14(7-11)21(23,24)25)19(32-2)18-13-5-6-30(9-15(13)26-10-27-18)16-8-28-29-20(31)17(16)22/h3-4,7-8,10,19H,5-6,9H2,1-2H3,(H,29,31). The van der Waals surface area contributed by atoms with Crippen LogP contribution in [0.1, 0.15) is 39.7 Å². The Morgan fingerprint density at radius 3 is 2.78 bits per heavy atom. The molecular weight excluding hydrogens is 447 g/mol. The third-order valence-electron chi connectivity index (χ3n) is 5.44. The summed E-state index contributed by atoms with van der Waals surface area (Å²) in [5.41, 5.74) is 1.44. The summed E-state index contributed by atoms with van der Waals surface area (Å²) < 4.78 is 46.8. The van der Waals surface area contributed by atoms with Crippen molar-refractivity contribution in [3.8, 4) is 0 Å². The van der Waals surface area contributed by atoms with E-state index >= 15 is 0 Å². The van der Waals surface area contributed by atoms with Crippen LogP contribution in [0.4, 0.5) is 18.9 Å². The molecule has 0 amide bonds. The van der Waals surface area contributed by atoms with Gasteiger partial charge in [0.1, 0.15) is 17.5 Å². The number of nitrogens with one attached hydrogen (secondary N) is 1. The average Bonchev–Trinajstić information content (AvgIpc) is 2.76. The molecule has 1 N–H and O–H groups in total. The Hall–Kier alpha value is -2.98. The fourth-order valence-corrected chi connectivity index (χ4v) is 4.15. The van der Waals surface area contributed by atoms with E-state index in [1.54, 1.807) is 13.0 Å². The van der Waals surface area contributed by atoms with E-state index in [0.717, 1.165) is 11.6 Å². The first kappa shape index (κ1) is 22.2. The molecule has 4 rings (SSSR count). The van der Waals surface area contributed by atoms with E-state index in [4.69, 9.17) is 16.3 Å². The highest BCUT2D eigenvalue weighted by molar-refractivity contribution is 6.33. The first-order valence-electron chi connectivity index (χ1n) is 9.72. The molecule has 0 radical (unpaired) electrons. The summed E-state index contributed by atoms with van der Waals surface area (Å²) >= 11 is 6.13. The van der Waals surface area contributed by atoms with Gasteiger partial charge in [-0.2, -0.15) is 18.3 Å². The number of alkyl halides is 3. The number of rotatable bonds is 4. The zero-order valence-corrected chi connectivity index (χ0v) is 18.0. The van der Waals surface area contributed by atoms with Crippen LogP contribution in [0.2, 0.25) is 5.02 Å². The molecule has 1 aromatic carbocycles. The van der Waals surface area contributed by atoms with Gasteiger partial charge in [0.2, 0.25) is 0 Å².